The number of methoxy groups -OCH3 is 2. The summed E-state index contributed by atoms with van der Waals surface area (Å²) < 4.78 is 39.3. The fourth-order valence-electron chi connectivity index (χ4n) is 2.59. The van der Waals surface area contributed by atoms with Gasteiger partial charge in [0.15, 0.2) is 11.6 Å². The number of hydrogen-bond donors (Lipinski definition) is 1. The lowest BCUT2D eigenvalue weighted by Crippen LogP contribution is -2.24. The summed E-state index contributed by atoms with van der Waals surface area (Å²) >= 11 is 0. The van der Waals surface area contributed by atoms with Crippen LogP contribution in [-0.2, 0) is 6.54 Å². The van der Waals surface area contributed by atoms with Crippen molar-refractivity contribution in [3.63, 3.8) is 0 Å². The van der Waals surface area contributed by atoms with Gasteiger partial charge < -0.3 is 14.8 Å². The Morgan fingerprint density at radius 1 is 1.11 bits per heavy atom. The molecule has 3 rings (SSSR count). The second kappa shape index (κ2) is 7.86. The maximum atomic E-state index is 14.0. The van der Waals surface area contributed by atoms with E-state index in [2.05, 4.69) is 10.4 Å². The van der Waals surface area contributed by atoms with Crippen LogP contribution in [0.25, 0.3) is 5.69 Å². The quantitative estimate of drug-likeness (QED) is 0.721. The number of nitrogens with zero attached hydrogens (tertiary/aromatic N) is 2. The molecule has 1 amide bonds. The molecule has 1 heterocycles. The average molecular weight is 373 g/mol. The van der Waals surface area contributed by atoms with Crippen molar-refractivity contribution < 1.29 is 23.0 Å². The van der Waals surface area contributed by atoms with Crippen molar-refractivity contribution in [2.24, 2.45) is 0 Å². The molecular formula is C19H17F2N3O3. The van der Waals surface area contributed by atoms with Gasteiger partial charge in [0, 0.05) is 18.3 Å². The van der Waals surface area contributed by atoms with Crippen LogP contribution in [0.15, 0.2) is 48.8 Å². The Morgan fingerprint density at radius 2 is 1.85 bits per heavy atom. The first-order valence-corrected chi connectivity index (χ1v) is 8.02. The van der Waals surface area contributed by atoms with Crippen LogP contribution in [-0.4, -0.2) is 29.9 Å². The molecule has 140 valence electrons. The lowest BCUT2D eigenvalue weighted by molar-refractivity contribution is 0.0942. The Balaban J connectivity index is 1.76. The molecule has 0 saturated heterocycles. The zero-order valence-corrected chi connectivity index (χ0v) is 14.7. The van der Waals surface area contributed by atoms with Gasteiger partial charge in [-0.1, -0.05) is 12.1 Å². The van der Waals surface area contributed by atoms with E-state index >= 15 is 0 Å². The molecule has 0 radical (unpaired) electrons. The van der Waals surface area contributed by atoms with Gasteiger partial charge in [0.1, 0.15) is 22.7 Å². The number of nitrogens with one attached hydrogen (secondary N) is 1. The van der Waals surface area contributed by atoms with Gasteiger partial charge in [-0.15, -0.1) is 0 Å². The number of hydrogen-bond acceptors (Lipinski definition) is 4. The fraction of sp³-hybridized carbons (Fsp3) is 0.158. The van der Waals surface area contributed by atoms with E-state index in [0.717, 1.165) is 11.8 Å². The number of carbonyl (C=O) groups is 1. The standard InChI is InChI=1S/C19H17F2N3O3/c1-26-15-6-4-3-5-14(15)24-11-12(10-23-24)9-22-19(25)17-16(27-2)8-7-13(20)18(17)21/h3-8,10-11H,9H2,1-2H3,(H,22,25). The average Bonchev–Trinajstić information content (AvgIpc) is 3.16. The maximum absolute atomic E-state index is 14.0. The van der Waals surface area contributed by atoms with Gasteiger partial charge in [0.2, 0.25) is 0 Å². The number of halogens is 2. The number of amides is 1. The van der Waals surface area contributed by atoms with Crippen LogP contribution < -0.4 is 14.8 Å². The SMILES string of the molecule is COc1ccccc1-n1cc(CNC(=O)c2c(OC)ccc(F)c2F)cn1. The van der Waals surface area contributed by atoms with Gasteiger partial charge in [-0.3, -0.25) is 4.79 Å². The molecule has 0 unspecified atom stereocenters. The molecule has 0 spiro atoms. The zero-order chi connectivity index (χ0) is 19.4. The zero-order valence-electron chi connectivity index (χ0n) is 14.7. The molecule has 0 atom stereocenters. The van der Waals surface area contributed by atoms with Crippen molar-refractivity contribution in [3.8, 4) is 17.2 Å². The van der Waals surface area contributed by atoms with E-state index in [1.165, 1.54) is 13.2 Å². The van der Waals surface area contributed by atoms with Gasteiger partial charge >= 0.3 is 0 Å². The predicted octanol–water partition coefficient (Wildman–Crippen LogP) is 3.10. The summed E-state index contributed by atoms with van der Waals surface area (Å²) in [5.74, 6) is -2.56. The number of benzene rings is 2. The van der Waals surface area contributed by atoms with Crippen molar-refractivity contribution in [2.75, 3.05) is 14.2 Å². The second-order valence-corrected chi connectivity index (χ2v) is 5.59. The minimum Gasteiger partial charge on any atom is -0.496 e. The van der Waals surface area contributed by atoms with Crippen molar-refractivity contribution in [3.05, 3.63) is 71.6 Å². The predicted molar refractivity (Wildman–Crippen MR) is 94.2 cm³/mol. The third-order valence-corrected chi connectivity index (χ3v) is 3.92. The first-order chi connectivity index (χ1) is 13.0. The number of carbonyl (C=O) groups excluding carboxylic acids is 1. The van der Waals surface area contributed by atoms with Gasteiger partial charge in [0.05, 0.1) is 20.4 Å². The van der Waals surface area contributed by atoms with Gasteiger partial charge in [-0.2, -0.15) is 5.10 Å². The molecule has 3 aromatic rings. The summed E-state index contributed by atoms with van der Waals surface area (Å²) in [4.78, 5) is 12.3. The van der Waals surface area contributed by atoms with Crippen LogP contribution in [0.2, 0.25) is 0 Å². The third-order valence-electron chi connectivity index (χ3n) is 3.92. The summed E-state index contributed by atoms with van der Waals surface area (Å²) in [5, 5.41) is 6.78. The Morgan fingerprint density at radius 3 is 2.59 bits per heavy atom. The lowest BCUT2D eigenvalue weighted by atomic mass is 10.1. The van der Waals surface area contributed by atoms with Crippen LogP contribution in [0, 0.1) is 11.6 Å². The van der Waals surface area contributed by atoms with Gasteiger partial charge in [-0.05, 0) is 24.3 Å². The molecule has 0 aliphatic rings. The molecule has 0 aliphatic carbocycles. The van der Waals surface area contributed by atoms with Gasteiger partial charge in [-0.25, -0.2) is 13.5 Å². The van der Waals surface area contributed by atoms with Crippen LogP contribution in [0.5, 0.6) is 11.5 Å². The Labute approximate surface area is 154 Å². The normalized spacial score (nSPS) is 10.5. The number of para-hydroxylation sites is 2. The molecule has 0 aliphatic heterocycles. The summed E-state index contributed by atoms with van der Waals surface area (Å²) in [6, 6.07) is 9.43. The highest BCUT2D eigenvalue weighted by molar-refractivity contribution is 5.97. The lowest BCUT2D eigenvalue weighted by Gasteiger charge is -2.10. The highest BCUT2D eigenvalue weighted by atomic mass is 19.2. The summed E-state index contributed by atoms with van der Waals surface area (Å²) in [6.07, 6.45) is 3.27. The van der Waals surface area contributed by atoms with E-state index in [9.17, 15) is 13.6 Å². The van der Waals surface area contributed by atoms with E-state index in [-0.39, 0.29) is 12.3 Å². The van der Waals surface area contributed by atoms with Crippen molar-refractivity contribution in [1.29, 1.82) is 0 Å². The van der Waals surface area contributed by atoms with Crippen LogP contribution in [0.3, 0.4) is 0 Å². The van der Waals surface area contributed by atoms with Gasteiger partial charge in [0.25, 0.3) is 5.91 Å². The summed E-state index contributed by atoms with van der Waals surface area (Å²) in [7, 11) is 2.84. The second-order valence-electron chi connectivity index (χ2n) is 5.59. The Kier molecular flexibility index (Phi) is 5.35. The molecule has 6 nitrogen and oxygen atoms in total. The molecule has 1 N–H and O–H groups in total. The minimum absolute atomic E-state index is 0.0453. The first kappa shape index (κ1) is 18.4. The summed E-state index contributed by atoms with van der Waals surface area (Å²) in [5.41, 5.74) is 0.926. The highest BCUT2D eigenvalue weighted by Crippen LogP contribution is 2.24. The smallest absolute Gasteiger partial charge is 0.258 e. The monoisotopic (exact) mass is 373 g/mol. The highest BCUT2D eigenvalue weighted by Gasteiger charge is 2.21. The van der Waals surface area contributed by atoms with Crippen molar-refractivity contribution in [1.82, 2.24) is 15.1 Å². The molecule has 0 saturated carbocycles. The van der Waals surface area contributed by atoms with Crippen molar-refractivity contribution in [2.45, 2.75) is 6.54 Å². The molecule has 2 aromatic carbocycles. The van der Waals surface area contributed by atoms with E-state index < -0.39 is 23.1 Å². The van der Waals surface area contributed by atoms with E-state index in [0.29, 0.717) is 11.3 Å². The Bertz CT molecular complexity index is 973. The van der Waals surface area contributed by atoms with Crippen LogP contribution >= 0.6 is 0 Å². The van der Waals surface area contributed by atoms with Crippen molar-refractivity contribution >= 4 is 5.91 Å². The molecular weight excluding hydrogens is 356 g/mol. The maximum Gasteiger partial charge on any atom is 0.258 e. The third kappa shape index (κ3) is 3.74. The number of ether oxygens (including phenoxy) is 2. The molecule has 0 bridgehead atoms. The largest absolute Gasteiger partial charge is 0.496 e. The Hall–Kier alpha value is -3.42. The first-order valence-electron chi connectivity index (χ1n) is 8.02. The van der Waals surface area contributed by atoms with Crippen LogP contribution in [0.1, 0.15) is 15.9 Å². The molecule has 1 aromatic heterocycles. The van der Waals surface area contributed by atoms with E-state index in [1.807, 2.05) is 18.2 Å². The van der Waals surface area contributed by atoms with E-state index in [1.54, 1.807) is 30.3 Å². The minimum atomic E-state index is -1.25. The number of rotatable bonds is 6. The topological polar surface area (TPSA) is 65.4 Å². The van der Waals surface area contributed by atoms with Crippen LogP contribution in [0.4, 0.5) is 8.78 Å². The molecule has 8 heteroatoms. The fourth-order valence-corrected chi connectivity index (χ4v) is 2.59. The van der Waals surface area contributed by atoms with E-state index in [4.69, 9.17) is 9.47 Å². The number of aromatic nitrogens is 2. The molecule has 27 heavy (non-hydrogen) atoms. The summed E-state index contributed by atoms with van der Waals surface area (Å²) in [6.45, 7) is 0.0765. The molecule has 0 fully saturated rings.